The van der Waals surface area contributed by atoms with Crippen LogP contribution in [0.4, 0.5) is 0 Å². The molecule has 0 aliphatic rings. The molecule has 28 heavy (non-hydrogen) atoms. The maximum absolute atomic E-state index is 12.8. The van der Waals surface area contributed by atoms with E-state index in [1.807, 2.05) is 35.7 Å². The van der Waals surface area contributed by atoms with E-state index in [0.29, 0.717) is 46.0 Å². The standard InChI is InChI=1S/C18H15BrN4O3S2/c1-25-8-7-23-17(24)15-13(6-9-27-15)20-18(23)28-10-14-21-16(22-26-14)11-2-4-12(19)5-3-11/h2-6,9H,7-8,10H2,1H3. The average molecular weight is 479 g/mol. The second kappa shape index (κ2) is 8.56. The van der Waals surface area contributed by atoms with Gasteiger partial charge in [-0.2, -0.15) is 4.98 Å². The average Bonchev–Trinajstić information content (AvgIpc) is 3.36. The van der Waals surface area contributed by atoms with Crippen LogP contribution in [0.3, 0.4) is 0 Å². The highest BCUT2D eigenvalue weighted by molar-refractivity contribution is 9.10. The Morgan fingerprint density at radius 3 is 2.86 bits per heavy atom. The van der Waals surface area contributed by atoms with Crippen molar-refractivity contribution in [3.05, 3.63) is 56.4 Å². The summed E-state index contributed by atoms with van der Waals surface area (Å²) in [6.07, 6.45) is 0. The number of thiophene rings is 1. The fourth-order valence-corrected chi connectivity index (χ4v) is 4.47. The SMILES string of the molecule is COCCn1c(SCc2nc(-c3ccc(Br)cc3)no2)nc2ccsc2c1=O. The minimum absolute atomic E-state index is 0.0550. The van der Waals surface area contributed by atoms with E-state index in [0.717, 1.165) is 10.0 Å². The number of rotatable bonds is 7. The Balaban J connectivity index is 1.57. The molecule has 0 aliphatic heterocycles. The zero-order chi connectivity index (χ0) is 19.5. The molecule has 0 N–H and O–H groups in total. The van der Waals surface area contributed by atoms with Gasteiger partial charge in [0.1, 0.15) is 4.70 Å². The molecule has 0 spiro atoms. The third kappa shape index (κ3) is 4.04. The predicted octanol–water partition coefficient (Wildman–Crippen LogP) is 4.21. The first-order valence-corrected chi connectivity index (χ1v) is 11.0. The molecule has 1 aromatic carbocycles. The van der Waals surface area contributed by atoms with Gasteiger partial charge in [0, 0.05) is 17.1 Å². The summed E-state index contributed by atoms with van der Waals surface area (Å²) >= 11 is 6.20. The van der Waals surface area contributed by atoms with Gasteiger partial charge in [-0.25, -0.2) is 4.98 Å². The number of halogens is 1. The monoisotopic (exact) mass is 478 g/mol. The van der Waals surface area contributed by atoms with E-state index < -0.39 is 0 Å². The molecule has 0 radical (unpaired) electrons. The first-order valence-electron chi connectivity index (χ1n) is 8.34. The molecule has 0 amide bonds. The van der Waals surface area contributed by atoms with E-state index in [4.69, 9.17) is 9.26 Å². The minimum Gasteiger partial charge on any atom is -0.383 e. The van der Waals surface area contributed by atoms with Gasteiger partial charge in [-0.1, -0.05) is 32.8 Å². The number of fused-ring (bicyclic) bond motifs is 1. The second-order valence-corrected chi connectivity index (χ2v) is 8.56. The van der Waals surface area contributed by atoms with E-state index in [2.05, 4.69) is 31.1 Å². The quantitative estimate of drug-likeness (QED) is 0.290. The number of benzene rings is 1. The van der Waals surface area contributed by atoms with Crippen LogP contribution in [0.1, 0.15) is 5.89 Å². The van der Waals surface area contributed by atoms with Crippen LogP contribution in [-0.2, 0) is 17.0 Å². The van der Waals surface area contributed by atoms with Crippen LogP contribution in [-0.4, -0.2) is 33.4 Å². The number of aromatic nitrogens is 4. The van der Waals surface area contributed by atoms with Crippen molar-refractivity contribution in [2.45, 2.75) is 17.5 Å². The Labute approximate surface area is 176 Å². The maximum atomic E-state index is 12.8. The van der Waals surface area contributed by atoms with Gasteiger partial charge in [0.05, 0.1) is 24.4 Å². The largest absolute Gasteiger partial charge is 0.383 e. The summed E-state index contributed by atoms with van der Waals surface area (Å²) in [5.74, 6) is 1.42. The van der Waals surface area contributed by atoms with Gasteiger partial charge in [-0.15, -0.1) is 11.3 Å². The Morgan fingerprint density at radius 2 is 2.07 bits per heavy atom. The van der Waals surface area contributed by atoms with Crippen LogP contribution in [0.25, 0.3) is 21.6 Å². The number of hydrogen-bond donors (Lipinski definition) is 0. The highest BCUT2D eigenvalue weighted by atomic mass is 79.9. The first-order chi connectivity index (χ1) is 13.7. The molecule has 10 heteroatoms. The van der Waals surface area contributed by atoms with Crippen molar-refractivity contribution in [1.29, 1.82) is 0 Å². The van der Waals surface area contributed by atoms with Crippen LogP contribution in [0.2, 0.25) is 0 Å². The number of thioether (sulfide) groups is 1. The Bertz CT molecular complexity index is 1150. The van der Waals surface area contributed by atoms with Gasteiger partial charge in [-0.3, -0.25) is 9.36 Å². The normalized spacial score (nSPS) is 11.4. The highest BCUT2D eigenvalue weighted by Gasteiger charge is 2.15. The molecule has 3 heterocycles. The van der Waals surface area contributed by atoms with Crippen LogP contribution in [0.15, 0.2) is 54.7 Å². The van der Waals surface area contributed by atoms with Crippen molar-refractivity contribution in [2.75, 3.05) is 13.7 Å². The molecule has 7 nitrogen and oxygen atoms in total. The summed E-state index contributed by atoms with van der Waals surface area (Å²) in [6, 6.07) is 9.54. The number of methoxy groups -OCH3 is 1. The minimum atomic E-state index is -0.0550. The topological polar surface area (TPSA) is 83.0 Å². The molecule has 0 atom stereocenters. The second-order valence-electron chi connectivity index (χ2n) is 5.79. The van der Waals surface area contributed by atoms with Crippen molar-refractivity contribution < 1.29 is 9.26 Å². The van der Waals surface area contributed by atoms with Crippen molar-refractivity contribution in [1.82, 2.24) is 19.7 Å². The Morgan fingerprint density at radius 1 is 1.25 bits per heavy atom. The van der Waals surface area contributed by atoms with Crippen LogP contribution in [0, 0.1) is 0 Å². The lowest BCUT2D eigenvalue weighted by Crippen LogP contribution is -2.24. The summed E-state index contributed by atoms with van der Waals surface area (Å²) in [5, 5.41) is 6.52. The Kier molecular flexibility index (Phi) is 5.90. The highest BCUT2D eigenvalue weighted by Crippen LogP contribution is 2.25. The van der Waals surface area contributed by atoms with Crippen molar-refractivity contribution >= 4 is 49.2 Å². The van der Waals surface area contributed by atoms with Crippen LogP contribution in [0.5, 0.6) is 0 Å². The van der Waals surface area contributed by atoms with Gasteiger partial charge in [0.2, 0.25) is 11.7 Å². The summed E-state index contributed by atoms with van der Waals surface area (Å²) in [4.78, 5) is 21.8. The zero-order valence-corrected chi connectivity index (χ0v) is 18.0. The number of ether oxygens (including phenoxy) is 1. The van der Waals surface area contributed by atoms with Crippen LogP contribution >= 0.6 is 39.0 Å². The van der Waals surface area contributed by atoms with Crippen molar-refractivity contribution in [3.63, 3.8) is 0 Å². The summed E-state index contributed by atoms with van der Waals surface area (Å²) < 4.78 is 13.8. The van der Waals surface area contributed by atoms with Crippen molar-refractivity contribution in [2.24, 2.45) is 0 Å². The van der Waals surface area contributed by atoms with Crippen LogP contribution < -0.4 is 5.56 Å². The van der Waals surface area contributed by atoms with Gasteiger partial charge in [-0.05, 0) is 35.7 Å². The lowest BCUT2D eigenvalue weighted by atomic mass is 10.2. The molecule has 0 bridgehead atoms. The van der Waals surface area contributed by atoms with Gasteiger partial charge < -0.3 is 9.26 Å². The van der Waals surface area contributed by atoms with Gasteiger partial charge >= 0.3 is 0 Å². The van der Waals surface area contributed by atoms with Gasteiger partial charge in [0.15, 0.2) is 5.16 Å². The molecule has 0 fully saturated rings. The molecule has 0 aliphatic carbocycles. The number of nitrogens with zero attached hydrogens (tertiary/aromatic N) is 4. The lowest BCUT2D eigenvalue weighted by molar-refractivity contribution is 0.183. The van der Waals surface area contributed by atoms with E-state index in [1.54, 1.807) is 11.7 Å². The maximum Gasteiger partial charge on any atom is 0.272 e. The summed E-state index contributed by atoms with van der Waals surface area (Å²) in [5.41, 5.74) is 1.52. The molecule has 4 rings (SSSR count). The molecule has 3 aromatic heterocycles. The predicted molar refractivity (Wildman–Crippen MR) is 113 cm³/mol. The summed E-state index contributed by atoms with van der Waals surface area (Å²) in [7, 11) is 1.61. The number of hydrogen-bond acceptors (Lipinski definition) is 8. The molecular formula is C18H15BrN4O3S2. The lowest BCUT2D eigenvalue weighted by Gasteiger charge is -2.10. The molecule has 4 aromatic rings. The third-order valence-corrected chi connectivity index (χ3v) is 6.33. The van der Waals surface area contributed by atoms with Crippen molar-refractivity contribution in [3.8, 4) is 11.4 Å². The summed E-state index contributed by atoms with van der Waals surface area (Å²) in [6.45, 7) is 0.868. The third-order valence-electron chi connectivity index (χ3n) is 3.95. The first kappa shape index (κ1) is 19.3. The molecular weight excluding hydrogens is 464 g/mol. The smallest absolute Gasteiger partial charge is 0.272 e. The zero-order valence-electron chi connectivity index (χ0n) is 14.8. The van der Waals surface area contributed by atoms with E-state index in [1.165, 1.54) is 23.1 Å². The van der Waals surface area contributed by atoms with E-state index in [9.17, 15) is 4.79 Å². The molecule has 0 unspecified atom stereocenters. The van der Waals surface area contributed by atoms with E-state index in [-0.39, 0.29) is 5.56 Å². The molecule has 0 saturated carbocycles. The fraction of sp³-hybridized carbons (Fsp3) is 0.222. The van der Waals surface area contributed by atoms with E-state index >= 15 is 0 Å². The fourth-order valence-electron chi connectivity index (χ4n) is 2.57. The van der Waals surface area contributed by atoms with Gasteiger partial charge in [0.25, 0.3) is 5.56 Å². The molecule has 0 saturated heterocycles. The Hall–Kier alpha value is -2.01. The molecule has 144 valence electrons.